The van der Waals surface area contributed by atoms with Crippen LogP contribution in [0.25, 0.3) is 0 Å². The zero-order chi connectivity index (χ0) is 14.5. The predicted molar refractivity (Wildman–Crippen MR) is 82.0 cm³/mol. The highest BCUT2D eigenvalue weighted by molar-refractivity contribution is 8.00. The fourth-order valence-electron chi connectivity index (χ4n) is 1.82. The third-order valence-corrected chi connectivity index (χ3v) is 4.15. The van der Waals surface area contributed by atoms with Crippen LogP contribution in [0.15, 0.2) is 47.4 Å². The topological polar surface area (TPSA) is 17.1 Å². The van der Waals surface area contributed by atoms with Crippen LogP contribution < -0.4 is 0 Å². The molecule has 0 fully saturated rings. The SMILES string of the molecule is Cc1cccc(SCC(=O)Cc2cccc(Cl)c2F)c1. The molecule has 4 heteroatoms. The second-order valence-electron chi connectivity index (χ2n) is 4.53. The number of Topliss-reactive ketones (excluding diaryl/α,β-unsaturated/α-hetero) is 1. The third-order valence-electron chi connectivity index (χ3n) is 2.81. The predicted octanol–water partition coefficient (Wildman–Crippen LogP) is 4.69. The normalized spacial score (nSPS) is 10.6. The van der Waals surface area contributed by atoms with E-state index in [0.29, 0.717) is 11.3 Å². The molecule has 0 saturated carbocycles. The Morgan fingerprint density at radius 2 is 2.00 bits per heavy atom. The summed E-state index contributed by atoms with van der Waals surface area (Å²) < 4.78 is 13.7. The van der Waals surface area contributed by atoms with E-state index in [1.165, 1.54) is 17.8 Å². The minimum Gasteiger partial charge on any atom is -0.298 e. The van der Waals surface area contributed by atoms with Gasteiger partial charge in [-0.2, -0.15) is 0 Å². The molecule has 0 N–H and O–H groups in total. The van der Waals surface area contributed by atoms with E-state index >= 15 is 0 Å². The minimum atomic E-state index is -0.497. The van der Waals surface area contributed by atoms with E-state index in [4.69, 9.17) is 11.6 Å². The summed E-state index contributed by atoms with van der Waals surface area (Å²) in [4.78, 5) is 12.9. The van der Waals surface area contributed by atoms with Gasteiger partial charge in [0.25, 0.3) is 0 Å². The van der Waals surface area contributed by atoms with Gasteiger partial charge in [0.05, 0.1) is 10.8 Å². The molecule has 0 atom stereocenters. The number of benzene rings is 2. The Bertz CT molecular complexity index is 628. The quantitative estimate of drug-likeness (QED) is 0.745. The van der Waals surface area contributed by atoms with Crippen LogP contribution in [0.1, 0.15) is 11.1 Å². The molecular formula is C16H14ClFOS. The zero-order valence-corrected chi connectivity index (χ0v) is 12.6. The lowest BCUT2D eigenvalue weighted by Gasteiger charge is -2.05. The second kappa shape index (κ2) is 6.91. The van der Waals surface area contributed by atoms with E-state index in [2.05, 4.69) is 0 Å². The number of carbonyl (C=O) groups is 1. The summed E-state index contributed by atoms with van der Waals surface area (Å²) in [5.74, 6) is -0.184. The first-order valence-corrected chi connectivity index (χ1v) is 7.56. The van der Waals surface area contributed by atoms with Gasteiger partial charge in [0.2, 0.25) is 0 Å². The Kier molecular flexibility index (Phi) is 5.21. The zero-order valence-electron chi connectivity index (χ0n) is 11.0. The van der Waals surface area contributed by atoms with E-state index in [0.717, 1.165) is 10.5 Å². The molecular weight excluding hydrogens is 295 g/mol. The molecule has 0 amide bonds. The number of ketones is 1. The summed E-state index contributed by atoms with van der Waals surface area (Å²) in [6.45, 7) is 2.01. The Morgan fingerprint density at radius 1 is 1.25 bits per heavy atom. The van der Waals surface area contributed by atoms with Gasteiger partial charge in [-0.1, -0.05) is 41.4 Å². The van der Waals surface area contributed by atoms with Crippen LogP contribution in [0.2, 0.25) is 5.02 Å². The molecule has 0 spiro atoms. The third kappa shape index (κ3) is 4.09. The van der Waals surface area contributed by atoms with Gasteiger partial charge in [-0.15, -0.1) is 11.8 Å². The van der Waals surface area contributed by atoms with Crippen LogP contribution in [0, 0.1) is 12.7 Å². The molecule has 0 aliphatic carbocycles. The summed E-state index contributed by atoms with van der Waals surface area (Å²) in [5, 5.41) is 0.0571. The van der Waals surface area contributed by atoms with Gasteiger partial charge in [-0.25, -0.2) is 4.39 Å². The molecule has 0 aromatic heterocycles. The number of carbonyl (C=O) groups excluding carboxylic acids is 1. The molecule has 0 heterocycles. The van der Waals surface area contributed by atoms with Gasteiger partial charge in [-0.05, 0) is 30.7 Å². The van der Waals surface area contributed by atoms with Crippen molar-refractivity contribution in [1.29, 1.82) is 0 Å². The number of hydrogen-bond acceptors (Lipinski definition) is 2. The lowest BCUT2D eigenvalue weighted by Crippen LogP contribution is -2.07. The van der Waals surface area contributed by atoms with Crippen LogP contribution >= 0.6 is 23.4 Å². The van der Waals surface area contributed by atoms with E-state index < -0.39 is 5.82 Å². The van der Waals surface area contributed by atoms with Crippen LogP contribution in [0.5, 0.6) is 0 Å². The van der Waals surface area contributed by atoms with Crippen molar-refractivity contribution in [1.82, 2.24) is 0 Å². The summed E-state index contributed by atoms with van der Waals surface area (Å²) in [6, 6.07) is 12.7. The fourth-order valence-corrected chi connectivity index (χ4v) is 2.89. The highest BCUT2D eigenvalue weighted by Crippen LogP contribution is 2.21. The molecule has 20 heavy (non-hydrogen) atoms. The summed E-state index contributed by atoms with van der Waals surface area (Å²) in [5.41, 5.74) is 1.51. The van der Waals surface area contributed by atoms with Crippen LogP contribution in [-0.4, -0.2) is 11.5 Å². The second-order valence-corrected chi connectivity index (χ2v) is 5.99. The summed E-state index contributed by atoms with van der Waals surface area (Å²) in [6.07, 6.45) is 0.0746. The Balaban J connectivity index is 1.94. The number of thioether (sulfide) groups is 1. The standard InChI is InChI=1S/C16H14ClFOS/c1-11-4-2-6-14(8-11)20-10-13(19)9-12-5-3-7-15(17)16(12)18/h2-8H,9-10H2,1H3. The maximum atomic E-state index is 13.7. The van der Waals surface area contributed by atoms with Crippen molar-refractivity contribution in [3.05, 3.63) is 64.4 Å². The van der Waals surface area contributed by atoms with Gasteiger partial charge in [0.15, 0.2) is 0 Å². The first-order valence-electron chi connectivity index (χ1n) is 6.20. The Hall–Kier alpha value is -1.32. The number of hydrogen-bond donors (Lipinski definition) is 0. The average molecular weight is 309 g/mol. The Labute approximate surface area is 127 Å². The van der Waals surface area contributed by atoms with E-state index in [9.17, 15) is 9.18 Å². The maximum absolute atomic E-state index is 13.7. The monoisotopic (exact) mass is 308 g/mol. The number of aryl methyl sites for hydroxylation is 1. The summed E-state index contributed by atoms with van der Waals surface area (Å²) in [7, 11) is 0. The fraction of sp³-hybridized carbons (Fsp3) is 0.188. The molecule has 0 saturated heterocycles. The van der Waals surface area contributed by atoms with Crippen molar-refractivity contribution >= 4 is 29.1 Å². The number of rotatable bonds is 5. The highest BCUT2D eigenvalue weighted by atomic mass is 35.5. The molecule has 0 unspecified atom stereocenters. The molecule has 0 aliphatic rings. The smallest absolute Gasteiger partial charge is 0.147 e. The first kappa shape index (κ1) is 15.1. The van der Waals surface area contributed by atoms with Crippen LogP contribution in [-0.2, 0) is 11.2 Å². The van der Waals surface area contributed by atoms with Crippen molar-refractivity contribution in [2.45, 2.75) is 18.2 Å². The first-order chi connectivity index (χ1) is 9.56. The number of halogens is 2. The molecule has 2 rings (SSSR count). The van der Waals surface area contributed by atoms with E-state index in [1.807, 2.05) is 31.2 Å². The summed E-state index contributed by atoms with van der Waals surface area (Å²) >= 11 is 7.16. The van der Waals surface area contributed by atoms with Crippen molar-refractivity contribution in [3.8, 4) is 0 Å². The Morgan fingerprint density at radius 3 is 2.75 bits per heavy atom. The van der Waals surface area contributed by atoms with Gasteiger partial charge in [-0.3, -0.25) is 4.79 Å². The van der Waals surface area contributed by atoms with Crippen molar-refractivity contribution in [2.75, 3.05) is 5.75 Å². The van der Waals surface area contributed by atoms with Gasteiger partial charge >= 0.3 is 0 Å². The van der Waals surface area contributed by atoms with Crippen molar-refractivity contribution in [2.24, 2.45) is 0 Å². The van der Waals surface area contributed by atoms with Gasteiger partial charge in [0.1, 0.15) is 11.6 Å². The average Bonchev–Trinajstić information content (AvgIpc) is 2.42. The van der Waals surface area contributed by atoms with Crippen molar-refractivity contribution < 1.29 is 9.18 Å². The molecule has 2 aromatic rings. The van der Waals surface area contributed by atoms with Crippen LogP contribution in [0.4, 0.5) is 4.39 Å². The molecule has 104 valence electrons. The highest BCUT2D eigenvalue weighted by Gasteiger charge is 2.11. The van der Waals surface area contributed by atoms with Gasteiger partial charge < -0.3 is 0 Å². The molecule has 0 aliphatic heterocycles. The largest absolute Gasteiger partial charge is 0.298 e. The van der Waals surface area contributed by atoms with Crippen molar-refractivity contribution in [3.63, 3.8) is 0 Å². The van der Waals surface area contributed by atoms with Crippen LogP contribution in [0.3, 0.4) is 0 Å². The maximum Gasteiger partial charge on any atom is 0.147 e. The lowest BCUT2D eigenvalue weighted by molar-refractivity contribution is -0.116. The lowest BCUT2D eigenvalue weighted by atomic mass is 10.1. The molecule has 0 bridgehead atoms. The molecule has 1 nitrogen and oxygen atoms in total. The van der Waals surface area contributed by atoms with Gasteiger partial charge in [0, 0.05) is 11.3 Å². The minimum absolute atomic E-state index is 0.0160. The van der Waals surface area contributed by atoms with E-state index in [1.54, 1.807) is 12.1 Å². The van der Waals surface area contributed by atoms with E-state index in [-0.39, 0.29) is 17.2 Å². The molecule has 0 radical (unpaired) electrons. The molecule has 2 aromatic carbocycles.